The largest absolute Gasteiger partial charge is 0.388 e. The van der Waals surface area contributed by atoms with Crippen molar-refractivity contribution in [2.75, 3.05) is 24.5 Å². The fourth-order valence-electron chi connectivity index (χ4n) is 3.99. The SMILES string of the molecule is CC(O)(CNC(=O)c1cnc(N2CCCCC2)c(-c2ccc(Cl)cc2)c1)C1CC1. The van der Waals surface area contributed by atoms with Gasteiger partial charge >= 0.3 is 0 Å². The molecule has 1 aliphatic carbocycles. The molecule has 1 atom stereocenters. The van der Waals surface area contributed by atoms with E-state index in [4.69, 9.17) is 11.6 Å². The first-order valence-electron chi connectivity index (χ1n) is 10.5. The predicted molar refractivity (Wildman–Crippen MR) is 116 cm³/mol. The Hall–Kier alpha value is -2.11. The molecule has 154 valence electrons. The van der Waals surface area contributed by atoms with Crippen LogP contribution in [0.25, 0.3) is 11.1 Å². The topological polar surface area (TPSA) is 65.5 Å². The van der Waals surface area contributed by atoms with Crippen LogP contribution in [0, 0.1) is 5.92 Å². The predicted octanol–water partition coefficient (Wildman–Crippen LogP) is 4.28. The van der Waals surface area contributed by atoms with Crippen LogP contribution in [0.1, 0.15) is 49.4 Å². The average Bonchev–Trinajstić information content (AvgIpc) is 3.59. The van der Waals surface area contributed by atoms with Crippen molar-refractivity contribution >= 4 is 23.3 Å². The molecule has 2 N–H and O–H groups in total. The van der Waals surface area contributed by atoms with Crippen LogP contribution >= 0.6 is 11.6 Å². The summed E-state index contributed by atoms with van der Waals surface area (Å²) in [5.41, 5.74) is 1.57. The Labute approximate surface area is 177 Å². The first kappa shape index (κ1) is 20.2. The number of amides is 1. The maximum atomic E-state index is 12.8. The molecule has 1 amide bonds. The highest BCUT2D eigenvalue weighted by Crippen LogP contribution is 2.39. The molecule has 4 rings (SSSR count). The second-order valence-electron chi connectivity index (χ2n) is 8.46. The molecule has 29 heavy (non-hydrogen) atoms. The number of piperidine rings is 1. The van der Waals surface area contributed by atoms with E-state index in [1.165, 1.54) is 6.42 Å². The van der Waals surface area contributed by atoms with Gasteiger partial charge < -0.3 is 15.3 Å². The lowest BCUT2D eigenvalue weighted by molar-refractivity contribution is 0.0354. The molecule has 2 aromatic rings. The van der Waals surface area contributed by atoms with Gasteiger partial charge in [0, 0.05) is 36.4 Å². The van der Waals surface area contributed by atoms with Crippen LogP contribution in [0.2, 0.25) is 5.02 Å². The van der Waals surface area contributed by atoms with Crippen LogP contribution in [-0.2, 0) is 0 Å². The Kier molecular flexibility index (Phi) is 5.79. The normalized spacial score (nSPS) is 18.9. The summed E-state index contributed by atoms with van der Waals surface area (Å²) in [6.07, 6.45) is 7.24. The molecule has 2 fully saturated rings. The van der Waals surface area contributed by atoms with Gasteiger partial charge in [-0.2, -0.15) is 0 Å². The highest BCUT2D eigenvalue weighted by atomic mass is 35.5. The summed E-state index contributed by atoms with van der Waals surface area (Å²) in [4.78, 5) is 19.7. The molecule has 0 spiro atoms. The fourth-order valence-corrected chi connectivity index (χ4v) is 4.12. The van der Waals surface area contributed by atoms with E-state index >= 15 is 0 Å². The van der Waals surface area contributed by atoms with Gasteiger partial charge in [0.15, 0.2) is 0 Å². The molecule has 1 aromatic carbocycles. The molecule has 2 aliphatic rings. The van der Waals surface area contributed by atoms with Crippen LogP contribution < -0.4 is 10.2 Å². The van der Waals surface area contributed by atoms with E-state index in [1.54, 1.807) is 13.1 Å². The third-order valence-electron chi connectivity index (χ3n) is 6.00. The average molecular weight is 414 g/mol. The van der Waals surface area contributed by atoms with E-state index in [2.05, 4.69) is 15.2 Å². The van der Waals surface area contributed by atoms with Crippen molar-refractivity contribution in [2.24, 2.45) is 5.92 Å². The Morgan fingerprint density at radius 2 is 1.93 bits per heavy atom. The molecular weight excluding hydrogens is 386 g/mol. The Morgan fingerprint density at radius 1 is 1.24 bits per heavy atom. The lowest BCUT2D eigenvalue weighted by atomic mass is 10.00. The number of aromatic nitrogens is 1. The Balaban J connectivity index is 1.60. The number of nitrogens with one attached hydrogen (secondary N) is 1. The highest BCUT2D eigenvalue weighted by Gasteiger charge is 2.40. The number of carbonyl (C=O) groups is 1. The molecule has 0 bridgehead atoms. The zero-order chi connectivity index (χ0) is 20.4. The number of hydrogen-bond donors (Lipinski definition) is 2. The lowest BCUT2D eigenvalue weighted by Crippen LogP contribution is -2.42. The van der Waals surface area contributed by atoms with Gasteiger partial charge in [-0.25, -0.2) is 4.98 Å². The van der Waals surface area contributed by atoms with Gasteiger partial charge in [0.2, 0.25) is 0 Å². The Morgan fingerprint density at radius 3 is 2.59 bits per heavy atom. The standard InChI is InChI=1S/C23H28ClN3O2/c1-23(29,18-7-8-18)15-26-22(28)17-13-20(16-5-9-19(24)10-6-16)21(25-14-17)27-11-3-2-4-12-27/h5-6,9-10,13-14,18,29H,2-4,7-8,11-12,15H2,1H3,(H,26,28). The number of anilines is 1. The van der Waals surface area contributed by atoms with E-state index in [9.17, 15) is 9.90 Å². The van der Waals surface area contributed by atoms with Crippen molar-refractivity contribution in [2.45, 2.75) is 44.6 Å². The van der Waals surface area contributed by atoms with Crippen LogP contribution in [-0.4, -0.2) is 41.2 Å². The number of benzene rings is 1. The summed E-state index contributed by atoms with van der Waals surface area (Å²) < 4.78 is 0. The quantitative estimate of drug-likeness (QED) is 0.741. The van der Waals surface area contributed by atoms with Crippen molar-refractivity contribution in [1.29, 1.82) is 0 Å². The molecule has 0 radical (unpaired) electrons. The van der Waals surface area contributed by atoms with Crippen LogP contribution in [0.3, 0.4) is 0 Å². The van der Waals surface area contributed by atoms with Gasteiger partial charge in [0.25, 0.3) is 5.91 Å². The van der Waals surface area contributed by atoms with Gasteiger partial charge in [-0.15, -0.1) is 0 Å². The van der Waals surface area contributed by atoms with Crippen molar-refractivity contribution in [3.63, 3.8) is 0 Å². The van der Waals surface area contributed by atoms with E-state index in [0.717, 1.165) is 55.7 Å². The van der Waals surface area contributed by atoms with Gasteiger partial charge in [-0.3, -0.25) is 4.79 Å². The summed E-state index contributed by atoms with van der Waals surface area (Å²) in [5, 5.41) is 14.0. The summed E-state index contributed by atoms with van der Waals surface area (Å²) in [5.74, 6) is 0.986. The van der Waals surface area contributed by atoms with Gasteiger partial charge in [-0.1, -0.05) is 23.7 Å². The zero-order valence-electron chi connectivity index (χ0n) is 16.8. The third-order valence-corrected chi connectivity index (χ3v) is 6.26. The van der Waals surface area contributed by atoms with Crippen LogP contribution in [0.15, 0.2) is 36.5 Å². The van der Waals surface area contributed by atoms with E-state index in [0.29, 0.717) is 10.6 Å². The first-order chi connectivity index (χ1) is 13.9. The van der Waals surface area contributed by atoms with Crippen molar-refractivity contribution in [3.05, 3.63) is 47.1 Å². The minimum Gasteiger partial charge on any atom is -0.388 e. The van der Waals surface area contributed by atoms with Crippen molar-refractivity contribution in [3.8, 4) is 11.1 Å². The number of aliphatic hydroxyl groups is 1. The van der Waals surface area contributed by atoms with Gasteiger partial charge in [-0.05, 0) is 68.7 Å². The summed E-state index contributed by atoms with van der Waals surface area (Å²) in [7, 11) is 0. The molecule has 6 heteroatoms. The van der Waals surface area contributed by atoms with Gasteiger partial charge in [0.1, 0.15) is 5.82 Å². The summed E-state index contributed by atoms with van der Waals surface area (Å²) in [6.45, 7) is 4.00. The number of carbonyl (C=O) groups excluding carboxylic acids is 1. The van der Waals surface area contributed by atoms with Crippen molar-refractivity contribution in [1.82, 2.24) is 10.3 Å². The second kappa shape index (κ2) is 8.33. The summed E-state index contributed by atoms with van der Waals surface area (Å²) in [6, 6.07) is 9.55. The number of hydrogen-bond acceptors (Lipinski definition) is 4. The zero-order valence-corrected chi connectivity index (χ0v) is 17.6. The molecule has 1 aliphatic heterocycles. The fraction of sp³-hybridized carbons (Fsp3) is 0.478. The Bertz CT molecular complexity index is 872. The number of pyridine rings is 1. The highest BCUT2D eigenvalue weighted by molar-refractivity contribution is 6.30. The molecule has 5 nitrogen and oxygen atoms in total. The smallest absolute Gasteiger partial charge is 0.252 e. The minimum atomic E-state index is -0.851. The lowest BCUT2D eigenvalue weighted by Gasteiger charge is -2.30. The molecule has 2 heterocycles. The summed E-state index contributed by atoms with van der Waals surface area (Å²) >= 11 is 6.07. The maximum absolute atomic E-state index is 12.8. The molecule has 1 aromatic heterocycles. The van der Waals surface area contributed by atoms with Gasteiger partial charge in [0.05, 0.1) is 11.2 Å². The van der Waals surface area contributed by atoms with E-state index in [-0.39, 0.29) is 18.4 Å². The third kappa shape index (κ3) is 4.73. The van der Waals surface area contributed by atoms with E-state index in [1.807, 2.05) is 30.3 Å². The van der Waals surface area contributed by atoms with Crippen molar-refractivity contribution < 1.29 is 9.90 Å². The number of rotatable bonds is 6. The molecule has 1 unspecified atom stereocenters. The number of nitrogens with zero attached hydrogens (tertiary/aromatic N) is 2. The number of halogens is 1. The molecule has 1 saturated heterocycles. The minimum absolute atomic E-state index is 0.209. The maximum Gasteiger partial charge on any atom is 0.252 e. The monoisotopic (exact) mass is 413 g/mol. The first-order valence-corrected chi connectivity index (χ1v) is 10.8. The van der Waals surface area contributed by atoms with Crippen LogP contribution in [0.4, 0.5) is 5.82 Å². The van der Waals surface area contributed by atoms with Crippen LogP contribution in [0.5, 0.6) is 0 Å². The van der Waals surface area contributed by atoms with E-state index < -0.39 is 5.60 Å². The second-order valence-corrected chi connectivity index (χ2v) is 8.90. The molecule has 1 saturated carbocycles. The molecular formula is C23H28ClN3O2.